The molecule has 0 spiro atoms. The van der Waals surface area contributed by atoms with E-state index in [4.69, 9.17) is 0 Å². The molecule has 4 nitrogen and oxygen atoms in total. The van der Waals surface area contributed by atoms with Crippen LogP contribution in [0.4, 0.5) is 17.3 Å². The molecule has 2 N–H and O–H groups in total. The summed E-state index contributed by atoms with van der Waals surface area (Å²) in [6.45, 7) is 4.39. The standard InChI is InChI=1S/C16H20N4/c1-11(2)12-3-5-13(6-4-12)19-15-9-16(18-10-17-15)20-14-7-8-14/h3-6,9-11,14H,7-8H2,1-2H3,(H2,17,18,19,20). The second-order valence-corrected chi connectivity index (χ2v) is 5.61. The lowest BCUT2D eigenvalue weighted by Crippen LogP contribution is -2.04. The molecular formula is C16H20N4. The lowest BCUT2D eigenvalue weighted by Gasteiger charge is -2.10. The summed E-state index contributed by atoms with van der Waals surface area (Å²) in [5.41, 5.74) is 2.39. The van der Waals surface area contributed by atoms with E-state index in [0.717, 1.165) is 17.3 Å². The highest BCUT2D eigenvalue weighted by Crippen LogP contribution is 2.25. The maximum Gasteiger partial charge on any atom is 0.135 e. The van der Waals surface area contributed by atoms with Crippen LogP contribution in [-0.4, -0.2) is 16.0 Å². The van der Waals surface area contributed by atoms with Crippen molar-refractivity contribution in [3.05, 3.63) is 42.2 Å². The maximum absolute atomic E-state index is 4.26. The van der Waals surface area contributed by atoms with Gasteiger partial charge in [0, 0.05) is 17.8 Å². The van der Waals surface area contributed by atoms with Crippen molar-refractivity contribution in [2.45, 2.75) is 38.6 Å². The van der Waals surface area contributed by atoms with Gasteiger partial charge in [0.25, 0.3) is 0 Å². The summed E-state index contributed by atoms with van der Waals surface area (Å²) in [6, 6.07) is 11.0. The van der Waals surface area contributed by atoms with Crippen LogP contribution >= 0.6 is 0 Å². The fourth-order valence-corrected chi connectivity index (χ4v) is 2.04. The van der Waals surface area contributed by atoms with Crippen LogP contribution in [0.5, 0.6) is 0 Å². The van der Waals surface area contributed by atoms with Gasteiger partial charge >= 0.3 is 0 Å². The van der Waals surface area contributed by atoms with Crippen LogP contribution in [0, 0.1) is 0 Å². The van der Waals surface area contributed by atoms with Gasteiger partial charge in [0.05, 0.1) is 0 Å². The van der Waals surface area contributed by atoms with Gasteiger partial charge in [0.2, 0.25) is 0 Å². The summed E-state index contributed by atoms with van der Waals surface area (Å²) < 4.78 is 0. The normalized spacial score (nSPS) is 14.3. The molecule has 0 atom stereocenters. The Hall–Kier alpha value is -2.10. The van der Waals surface area contributed by atoms with Crippen LogP contribution in [0.2, 0.25) is 0 Å². The Labute approximate surface area is 119 Å². The zero-order valence-electron chi connectivity index (χ0n) is 11.9. The van der Waals surface area contributed by atoms with Crippen LogP contribution in [0.25, 0.3) is 0 Å². The molecule has 1 fully saturated rings. The number of anilines is 3. The fraction of sp³-hybridized carbons (Fsp3) is 0.375. The van der Waals surface area contributed by atoms with E-state index < -0.39 is 0 Å². The topological polar surface area (TPSA) is 49.8 Å². The van der Waals surface area contributed by atoms with Crippen molar-refractivity contribution in [2.75, 3.05) is 10.6 Å². The smallest absolute Gasteiger partial charge is 0.135 e. The van der Waals surface area contributed by atoms with Gasteiger partial charge in [0.1, 0.15) is 18.0 Å². The third-order valence-electron chi connectivity index (χ3n) is 3.45. The summed E-state index contributed by atoms with van der Waals surface area (Å²) in [5.74, 6) is 2.27. The number of nitrogens with one attached hydrogen (secondary N) is 2. The summed E-state index contributed by atoms with van der Waals surface area (Å²) >= 11 is 0. The Bertz CT molecular complexity index is 573. The number of nitrogens with zero attached hydrogens (tertiary/aromatic N) is 2. The van der Waals surface area contributed by atoms with Crippen LogP contribution in [0.1, 0.15) is 38.2 Å². The van der Waals surface area contributed by atoms with Crippen LogP contribution in [0.3, 0.4) is 0 Å². The van der Waals surface area contributed by atoms with Crippen LogP contribution in [0.15, 0.2) is 36.7 Å². The Kier molecular flexibility index (Phi) is 3.54. The first kappa shape index (κ1) is 12.9. The Morgan fingerprint density at radius 2 is 1.75 bits per heavy atom. The van der Waals surface area contributed by atoms with Crippen molar-refractivity contribution in [2.24, 2.45) is 0 Å². The number of hydrogen-bond acceptors (Lipinski definition) is 4. The first-order valence-electron chi connectivity index (χ1n) is 7.16. The monoisotopic (exact) mass is 268 g/mol. The number of aromatic nitrogens is 2. The lowest BCUT2D eigenvalue weighted by molar-refractivity contribution is 0.867. The zero-order chi connectivity index (χ0) is 13.9. The number of hydrogen-bond donors (Lipinski definition) is 2. The van der Waals surface area contributed by atoms with Crippen molar-refractivity contribution in [3.8, 4) is 0 Å². The average Bonchev–Trinajstić information content (AvgIpc) is 3.24. The molecule has 4 heteroatoms. The Morgan fingerprint density at radius 1 is 1.05 bits per heavy atom. The van der Waals surface area contributed by atoms with Gasteiger partial charge in [-0.3, -0.25) is 0 Å². The second kappa shape index (κ2) is 5.49. The minimum atomic E-state index is 0.553. The van der Waals surface area contributed by atoms with Crippen LogP contribution < -0.4 is 10.6 Å². The van der Waals surface area contributed by atoms with E-state index in [1.807, 2.05) is 6.07 Å². The molecule has 0 bridgehead atoms. The maximum atomic E-state index is 4.26. The summed E-state index contributed by atoms with van der Waals surface area (Å²) in [6.07, 6.45) is 4.07. The molecule has 1 saturated carbocycles. The van der Waals surface area contributed by atoms with Gasteiger partial charge in [-0.05, 0) is 36.5 Å². The molecule has 1 aromatic carbocycles. The summed E-state index contributed by atoms with van der Waals surface area (Å²) in [7, 11) is 0. The number of benzene rings is 1. The minimum Gasteiger partial charge on any atom is -0.367 e. The zero-order valence-corrected chi connectivity index (χ0v) is 11.9. The predicted octanol–water partition coefficient (Wildman–Crippen LogP) is 3.92. The van der Waals surface area contributed by atoms with Gasteiger partial charge in [0.15, 0.2) is 0 Å². The molecule has 0 amide bonds. The SMILES string of the molecule is CC(C)c1ccc(Nc2cc(NC3CC3)ncn2)cc1. The van der Waals surface area contributed by atoms with Crippen molar-refractivity contribution < 1.29 is 0 Å². The first-order chi connectivity index (χ1) is 9.70. The molecule has 2 aromatic rings. The molecule has 104 valence electrons. The third-order valence-corrected chi connectivity index (χ3v) is 3.45. The number of rotatable bonds is 5. The summed E-state index contributed by atoms with van der Waals surface area (Å²) in [5, 5.41) is 6.69. The van der Waals surface area contributed by atoms with Gasteiger partial charge in [-0.15, -0.1) is 0 Å². The molecule has 1 aliphatic rings. The second-order valence-electron chi connectivity index (χ2n) is 5.61. The molecule has 3 rings (SSSR count). The highest BCUT2D eigenvalue weighted by Gasteiger charge is 2.21. The van der Waals surface area contributed by atoms with Crippen LogP contribution in [-0.2, 0) is 0 Å². The van der Waals surface area contributed by atoms with Crippen molar-refractivity contribution in [3.63, 3.8) is 0 Å². The van der Waals surface area contributed by atoms with Gasteiger partial charge in [-0.25, -0.2) is 9.97 Å². The Balaban J connectivity index is 1.69. The molecule has 0 unspecified atom stereocenters. The average molecular weight is 268 g/mol. The highest BCUT2D eigenvalue weighted by molar-refractivity contribution is 5.59. The molecule has 0 radical (unpaired) electrons. The van der Waals surface area contributed by atoms with Crippen molar-refractivity contribution >= 4 is 17.3 Å². The van der Waals surface area contributed by atoms with Crippen molar-refractivity contribution in [1.29, 1.82) is 0 Å². The fourth-order valence-electron chi connectivity index (χ4n) is 2.04. The molecule has 1 aromatic heterocycles. The lowest BCUT2D eigenvalue weighted by atomic mass is 10.0. The van der Waals surface area contributed by atoms with Crippen molar-refractivity contribution in [1.82, 2.24) is 9.97 Å². The first-order valence-corrected chi connectivity index (χ1v) is 7.16. The molecular weight excluding hydrogens is 248 g/mol. The molecule has 20 heavy (non-hydrogen) atoms. The molecule has 1 aliphatic carbocycles. The van der Waals surface area contributed by atoms with E-state index in [0.29, 0.717) is 12.0 Å². The highest BCUT2D eigenvalue weighted by atomic mass is 15.1. The van der Waals surface area contributed by atoms with E-state index in [2.05, 4.69) is 58.7 Å². The summed E-state index contributed by atoms with van der Waals surface area (Å²) in [4.78, 5) is 8.49. The molecule has 0 aliphatic heterocycles. The van der Waals surface area contributed by atoms with E-state index in [1.165, 1.54) is 18.4 Å². The van der Waals surface area contributed by atoms with E-state index in [9.17, 15) is 0 Å². The van der Waals surface area contributed by atoms with E-state index in [-0.39, 0.29) is 0 Å². The molecule has 1 heterocycles. The minimum absolute atomic E-state index is 0.553. The largest absolute Gasteiger partial charge is 0.367 e. The van der Waals surface area contributed by atoms with E-state index >= 15 is 0 Å². The van der Waals surface area contributed by atoms with E-state index in [1.54, 1.807) is 6.33 Å². The van der Waals surface area contributed by atoms with Gasteiger partial charge in [-0.2, -0.15) is 0 Å². The van der Waals surface area contributed by atoms with Gasteiger partial charge < -0.3 is 10.6 Å². The quantitative estimate of drug-likeness (QED) is 0.863. The Morgan fingerprint density at radius 3 is 2.40 bits per heavy atom. The predicted molar refractivity (Wildman–Crippen MR) is 82.5 cm³/mol. The third kappa shape index (κ3) is 3.26. The molecule has 0 saturated heterocycles. The van der Waals surface area contributed by atoms with Gasteiger partial charge in [-0.1, -0.05) is 26.0 Å².